The van der Waals surface area contributed by atoms with E-state index < -0.39 is 16.0 Å². The highest BCUT2D eigenvalue weighted by Gasteiger charge is 2.25. The molecule has 21 heavy (non-hydrogen) atoms. The zero-order valence-electron chi connectivity index (χ0n) is 11.9. The monoisotopic (exact) mass is 353 g/mol. The molecule has 0 aliphatic carbocycles. The second-order valence-corrected chi connectivity index (χ2v) is 7.44. The first-order chi connectivity index (χ1) is 9.60. The largest absolute Gasteiger partial charge is 0.478 e. The number of hydrogen-bond acceptors (Lipinski definition) is 3. The Kier molecular flexibility index (Phi) is 6.04. The molecule has 1 aromatic carbocycles. The van der Waals surface area contributed by atoms with Crippen LogP contribution in [-0.4, -0.2) is 25.5 Å². The number of sulfonamides is 1. The molecule has 0 heterocycles. The van der Waals surface area contributed by atoms with Gasteiger partial charge >= 0.3 is 5.97 Å². The van der Waals surface area contributed by atoms with Crippen molar-refractivity contribution >= 4 is 39.2 Å². The molecule has 0 spiro atoms. The smallest absolute Gasteiger partial charge is 0.337 e. The predicted molar refractivity (Wildman–Crippen MR) is 82.7 cm³/mol. The van der Waals surface area contributed by atoms with E-state index in [2.05, 4.69) is 4.72 Å². The topological polar surface area (TPSA) is 83.5 Å². The lowest BCUT2D eigenvalue weighted by Crippen LogP contribution is -2.38. The number of aromatic carboxylic acids is 1. The molecule has 1 rings (SSSR count). The molecule has 5 nitrogen and oxygen atoms in total. The number of carboxylic acid groups (broad SMARTS) is 1. The number of carbonyl (C=O) groups is 1. The van der Waals surface area contributed by atoms with Crippen molar-refractivity contribution in [3.63, 3.8) is 0 Å². The van der Waals surface area contributed by atoms with Gasteiger partial charge in [-0.3, -0.25) is 0 Å². The van der Waals surface area contributed by atoms with Crippen LogP contribution in [0.15, 0.2) is 17.0 Å². The van der Waals surface area contributed by atoms with Crippen molar-refractivity contribution in [3.8, 4) is 0 Å². The Bertz CT molecular complexity index is 644. The average molecular weight is 354 g/mol. The molecule has 0 bridgehead atoms. The van der Waals surface area contributed by atoms with Crippen molar-refractivity contribution in [2.24, 2.45) is 5.92 Å². The normalized spacial score (nSPS) is 13.4. The van der Waals surface area contributed by atoms with E-state index in [1.807, 2.05) is 20.8 Å². The van der Waals surface area contributed by atoms with Crippen molar-refractivity contribution in [1.29, 1.82) is 0 Å². The van der Waals surface area contributed by atoms with Crippen molar-refractivity contribution in [3.05, 3.63) is 27.7 Å². The molecule has 8 heteroatoms. The maximum absolute atomic E-state index is 12.4. The molecule has 0 aliphatic heterocycles. The first-order valence-corrected chi connectivity index (χ1v) is 8.58. The first-order valence-electron chi connectivity index (χ1n) is 6.34. The van der Waals surface area contributed by atoms with Crippen LogP contribution in [0.2, 0.25) is 10.0 Å². The van der Waals surface area contributed by atoms with Crippen molar-refractivity contribution in [1.82, 2.24) is 4.72 Å². The Morgan fingerprint density at radius 2 is 1.86 bits per heavy atom. The fourth-order valence-electron chi connectivity index (χ4n) is 1.85. The van der Waals surface area contributed by atoms with Crippen LogP contribution in [0.1, 0.15) is 37.6 Å². The second kappa shape index (κ2) is 6.96. The molecule has 1 unspecified atom stereocenters. The van der Waals surface area contributed by atoms with Crippen LogP contribution >= 0.6 is 23.2 Å². The van der Waals surface area contributed by atoms with Gasteiger partial charge in [0.05, 0.1) is 15.6 Å². The van der Waals surface area contributed by atoms with E-state index >= 15 is 0 Å². The summed E-state index contributed by atoms with van der Waals surface area (Å²) >= 11 is 11.6. The predicted octanol–water partition coefficient (Wildman–Crippen LogP) is 3.40. The minimum atomic E-state index is -3.92. The summed E-state index contributed by atoms with van der Waals surface area (Å²) in [6.45, 7) is 5.64. The Labute approximate surface area is 134 Å². The third-order valence-corrected chi connectivity index (χ3v) is 5.36. The van der Waals surface area contributed by atoms with Crippen LogP contribution in [0.4, 0.5) is 0 Å². The lowest BCUT2D eigenvalue weighted by Gasteiger charge is -2.21. The molecule has 0 aromatic heterocycles. The van der Waals surface area contributed by atoms with Gasteiger partial charge in [-0.15, -0.1) is 0 Å². The molecule has 1 atom stereocenters. The van der Waals surface area contributed by atoms with E-state index in [9.17, 15) is 13.2 Å². The van der Waals surface area contributed by atoms with Crippen LogP contribution in [0.5, 0.6) is 0 Å². The van der Waals surface area contributed by atoms with Gasteiger partial charge in [-0.05, 0) is 24.5 Å². The molecule has 2 N–H and O–H groups in total. The highest BCUT2D eigenvalue weighted by Crippen LogP contribution is 2.29. The molecule has 1 aromatic rings. The van der Waals surface area contributed by atoms with E-state index in [-0.39, 0.29) is 32.5 Å². The molecule has 0 saturated carbocycles. The van der Waals surface area contributed by atoms with Gasteiger partial charge in [-0.2, -0.15) is 0 Å². The summed E-state index contributed by atoms with van der Waals surface area (Å²) in [4.78, 5) is 10.8. The molecule has 0 amide bonds. The van der Waals surface area contributed by atoms with E-state index in [0.29, 0.717) is 6.42 Å². The van der Waals surface area contributed by atoms with Crippen molar-refractivity contribution in [2.75, 3.05) is 0 Å². The highest BCUT2D eigenvalue weighted by molar-refractivity contribution is 7.89. The molecule has 0 saturated heterocycles. The lowest BCUT2D eigenvalue weighted by atomic mass is 10.0. The molecule has 0 aliphatic rings. The molecular weight excluding hydrogens is 337 g/mol. The van der Waals surface area contributed by atoms with Gasteiger partial charge in [0.15, 0.2) is 0 Å². The maximum atomic E-state index is 12.4. The first kappa shape index (κ1) is 18.2. The van der Waals surface area contributed by atoms with Crippen LogP contribution in [0.3, 0.4) is 0 Å². The Morgan fingerprint density at radius 3 is 2.29 bits per heavy atom. The highest BCUT2D eigenvalue weighted by atomic mass is 35.5. The van der Waals surface area contributed by atoms with Crippen LogP contribution in [0.25, 0.3) is 0 Å². The zero-order chi connectivity index (χ0) is 16.4. The fraction of sp³-hybridized carbons (Fsp3) is 0.462. The van der Waals surface area contributed by atoms with Crippen LogP contribution in [-0.2, 0) is 10.0 Å². The van der Waals surface area contributed by atoms with Gasteiger partial charge in [0, 0.05) is 6.04 Å². The Hall–Kier alpha value is -0.820. The average Bonchev–Trinajstić information content (AvgIpc) is 2.34. The van der Waals surface area contributed by atoms with Crippen molar-refractivity contribution in [2.45, 2.75) is 38.1 Å². The van der Waals surface area contributed by atoms with Crippen LogP contribution in [0, 0.1) is 5.92 Å². The van der Waals surface area contributed by atoms with Crippen molar-refractivity contribution < 1.29 is 18.3 Å². The SMILES string of the molecule is CCC(NS(=O)(=O)c1cc(C(=O)O)c(Cl)cc1Cl)C(C)C. The second-order valence-electron chi connectivity index (χ2n) is 4.95. The number of carboxylic acids is 1. The fourth-order valence-corrected chi connectivity index (χ4v) is 4.17. The summed E-state index contributed by atoms with van der Waals surface area (Å²) in [5, 5.41) is 8.80. The number of hydrogen-bond donors (Lipinski definition) is 2. The number of rotatable bonds is 6. The third kappa shape index (κ3) is 4.32. The van der Waals surface area contributed by atoms with Crippen LogP contribution < -0.4 is 4.72 Å². The van der Waals surface area contributed by atoms with Gasteiger partial charge in [0.2, 0.25) is 10.0 Å². The van der Waals surface area contributed by atoms with E-state index in [1.165, 1.54) is 0 Å². The summed E-state index contributed by atoms with van der Waals surface area (Å²) in [5.41, 5.74) is -0.306. The van der Waals surface area contributed by atoms with E-state index in [1.54, 1.807) is 0 Å². The maximum Gasteiger partial charge on any atom is 0.337 e. The van der Waals surface area contributed by atoms with Gasteiger partial charge in [-0.1, -0.05) is 44.0 Å². The minimum Gasteiger partial charge on any atom is -0.478 e. The Balaban J connectivity index is 3.31. The van der Waals surface area contributed by atoms with E-state index in [4.69, 9.17) is 28.3 Å². The van der Waals surface area contributed by atoms with Gasteiger partial charge in [0.25, 0.3) is 0 Å². The van der Waals surface area contributed by atoms with E-state index in [0.717, 1.165) is 12.1 Å². The van der Waals surface area contributed by atoms with Gasteiger partial charge in [-0.25, -0.2) is 17.9 Å². The number of nitrogens with one attached hydrogen (secondary N) is 1. The summed E-state index contributed by atoms with van der Waals surface area (Å²) in [5.74, 6) is -1.22. The number of halogens is 2. The molecule has 118 valence electrons. The standard InChI is InChI=1S/C13H17Cl2NO4S/c1-4-11(7(2)3)16-21(19,20)12-5-8(13(17)18)9(14)6-10(12)15/h5-7,11,16H,4H2,1-3H3,(H,17,18). The zero-order valence-corrected chi connectivity index (χ0v) is 14.2. The number of benzene rings is 1. The Morgan fingerprint density at radius 1 is 1.29 bits per heavy atom. The lowest BCUT2D eigenvalue weighted by molar-refractivity contribution is 0.0697. The minimum absolute atomic E-state index is 0.0924. The summed E-state index contributed by atoms with van der Waals surface area (Å²) in [6.07, 6.45) is 0.605. The third-order valence-electron chi connectivity index (χ3n) is 3.09. The quantitative estimate of drug-likeness (QED) is 0.820. The molecular formula is C13H17Cl2NO4S. The summed E-state index contributed by atoms with van der Waals surface area (Å²) in [7, 11) is -3.92. The van der Waals surface area contributed by atoms with Gasteiger partial charge in [0.1, 0.15) is 4.90 Å². The summed E-state index contributed by atoms with van der Waals surface area (Å²) < 4.78 is 27.3. The van der Waals surface area contributed by atoms with Gasteiger partial charge < -0.3 is 5.11 Å². The molecule has 0 radical (unpaired) electrons. The molecule has 0 fully saturated rings. The summed E-state index contributed by atoms with van der Waals surface area (Å²) in [6, 6.07) is 1.83.